The number of hydrogen-bond donors (Lipinski definition) is 1. The molecule has 0 aliphatic carbocycles. The maximum absolute atomic E-state index is 12.5. The number of hydrogen-bond acceptors (Lipinski definition) is 6. The van der Waals surface area contributed by atoms with Gasteiger partial charge in [0.25, 0.3) is 5.91 Å². The van der Waals surface area contributed by atoms with Crippen LogP contribution in [0.4, 0.5) is 5.69 Å². The molecule has 1 heterocycles. The summed E-state index contributed by atoms with van der Waals surface area (Å²) >= 11 is 3.29. The lowest BCUT2D eigenvalue weighted by Crippen LogP contribution is -2.11. The summed E-state index contributed by atoms with van der Waals surface area (Å²) in [4.78, 5) is 17.2. The van der Waals surface area contributed by atoms with Crippen LogP contribution in [-0.4, -0.2) is 30.4 Å². The summed E-state index contributed by atoms with van der Waals surface area (Å²) in [6.45, 7) is 2.67. The van der Waals surface area contributed by atoms with E-state index in [1.54, 1.807) is 54.5 Å². The van der Waals surface area contributed by atoms with E-state index in [1.807, 2.05) is 36.4 Å². The molecular weight excluding hydrogens is 428 g/mol. The Morgan fingerprint density at radius 2 is 1.90 bits per heavy atom. The van der Waals surface area contributed by atoms with Gasteiger partial charge in [-0.05, 0) is 67.1 Å². The van der Waals surface area contributed by atoms with E-state index in [-0.39, 0.29) is 5.91 Å². The minimum Gasteiger partial charge on any atom is -0.497 e. The maximum Gasteiger partial charge on any atom is 0.255 e. The largest absolute Gasteiger partial charge is 0.497 e. The molecule has 4 rings (SSSR count). The Hall–Kier alpha value is -3.03. The minimum atomic E-state index is -0.158. The topological polar surface area (TPSA) is 60.5 Å². The predicted octanol–water partition coefficient (Wildman–Crippen LogP) is 6.04. The van der Waals surface area contributed by atoms with Gasteiger partial charge in [-0.25, -0.2) is 4.98 Å². The number of aryl methyl sites for hydroxylation is 1. The number of aromatic nitrogens is 1. The van der Waals surface area contributed by atoms with Crippen LogP contribution < -0.4 is 14.8 Å². The number of carbonyl (C=O) groups excluding carboxylic acids is 1. The fourth-order valence-corrected chi connectivity index (χ4v) is 4.98. The van der Waals surface area contributed by atoms with E-state index in [0.717, 1.165) is 37.5 Å². The van der Waals surface area contributed by atoms with Gasteiger partial charge in [-0.3, -0.25) is 4.79 Å². The van der Waals surface area contributed by atoms with Crippen LogP contribution in [0.2, 0.25) is 0 Å². The van der Waals surface area contributed by atoms with Crippen LogP contribution in [-0.2, 0) is 0 Å². The van der Waals surface area contributed by atoms with Crippen LogP contribution in [0.25, 0.3) is 10.2 Å². The molecule has 0 saturated heterocycles. The number of thiazole rings is 1. The average Bonchev–Trinajstić information content (AvgIpc) is 3.19. The smallest absolute Gasteiger partial charge is 0.255 e. The molecule has 3 aromatic carbocycles. The molecule has 0 aliphatic rings. The number of carbonyl (C=O) groups is 1. The molecule has 0 saturated carbocycles. The molecule has 1 aromatic heterocycles. The van der Waals surface area contributed by atoms with Gasteiger partial charge in [0, 0.05) is 17.0 Å². The van der Waals surface area contributed by atoms with Gasteiger partial charge in [0.1, 0.15) is 11.5 Å². The number of rotatable bonds is 8. The van der Waals surface area contributed by atoms with E-state index in [0.29, 0.717) is 12.2 Å². The van der Waals surface area contributed by atoms with Crippen LogP contribution in [0.15, 0.2) is 71.1 Å². The van der Waals surface area contributed by atoms with Crippen molar-refractivity contribution in [3.05, 3.63) is 77.9 Å². The highest BCUT2D eigenvalue weighted by atomic mass is 32.2. The van der Waals surface area contributed by atoms with Gasteiger partial charge in [-0.15, -0.1) is 11.3 Å². The third kappa shape index (κ3) is 5.57. The third-order valence-electron chi connectivity index (χ3n) is 4.55. The Morgan fingerprint density at radius 3 is 2.68 bits per heavy atom. The van der Waals surface area contributed by atoms with Gasteiger partial charge in [-0.2, -0.15) is 0 Å². The highest BCUT2D eigenvalue weighted by Gasteiger charge is 2.09. The molecule has 0 bridgehead atoms. The van der Waals surface area contributed by atoms with Gasteiger partial charge in [-0.1, -0.05) is 23.9 Å². The zero-order chi connectivity index (χ0) is 21.6. The zero-order valence-electron chi connectivity index (χ0n) is 17.3. The number of fused-ring (bicyclic) bond motifs is 1. The second kappa shape index (κ2) is 9.85. The molecule has 0 unspecified atom stereocenters. The van der Waals surface area contributed by atoms with Crippen LogP contribution in [0.3, 0.4) is 0 Å². The normalized spacial score (nSPS) is 10.8. The van der Waals surface area contributed by atoms with E-state index < -0.39 is 0 Å². The van der Waals surface area contributed by atoms with Gasteiger partial charge in [0.15, 0.2) is 4.34 Å². The number of benzene rings is 3. The van der Waals surface area contributed by atoms with E-state index in [2.05, 4.69) is 23.3 Å². The molecule has 0 atom stereocenters. The quantitative estimate of drug-likeness (QED) is 0.262. The Kier molecular flexibility index (Phi) is 6.74. The molecule has 0 aliphatic heterocycles. The molecule has 31 heavy (non-hydrogen) atoms. The fraction of sp³-hybridized carbons (Fsp3) is 0.167. The highest BCUT2D eigenvalue weighted by Crippen LogP contribution is 2.31. The number of amides is 1. The Balaban J connectivity index is 1.34. The Morgan fingerprint density at radius 1 is 1.06 bits per heavy atom. The second-order valence-corrected chi connectivity index (χ2v) is 9.23. The molecule has 158 valence electrons. The molecule has 0 fully saturated rings. The fourth-order valence-electron chi connectivity index (χ4n) is 2.98. The molecule has 1 amide bonds. The van der Waals surface area contributed by atoms with Crippen molar-refractivity contribution in [1.29, 1.82) is 0 Å². The number of thioether (sulfide) groups is 1. The van der Waals surface area contributed by atoms with Crippen molar-refractivity contribution in [2.45, 2.75) is 11.3 Å². The zero-order valence-corrected chi connectivity index (χ0v) is 18.9. The summed E-state index contributed by atoms with van der Waals surface area (Å²) < 4.78 is 13.0. The summed E-state index contributed by atoms with van der Waals surface area (Å²) in [6, 6.07) is 20.8. The van der Waals surface area contributed by atoms with Gasteiger partial charge >= 0.3 is 0 Å². The molecule has 7 heteroatoms. The average molecular weight is 451 g/mol. The summed E-state index contributed by atoms with van der Waals surface area (Å²) in [5, 5.41) is 2.94. The maximum atomic E-state index is 12.5. The monoisotopic (exact) mass is 450 g/mol. The molecule has 1 N–H and O–H groups in total. The summed E-state index contributed by atoms with van der Waals surface area (Å²) in [5.41, 5.74) is 3.44. The van der Waals surface area contributed by atoms with Crippen molar-refractivity contribution in [3.63, 3.8) is 0 Å². The van der Waals surface area contributed by atoms with E-state index in [9.17, 15) is 4.79 Å². The van der Waals surface area contributed by atoms with E-state index >= 15 is 0 Å². The molecule has 0 radical (unpaired) electrons. The highest BCUT2D eigenvalue weighted by molar-refractivity contribution is 8.01. The number of ether oxygens (including phenoxy) is 2. The van der Waals surface area contributed by atoms with Crippen LogP contribution in [0.1, 0.15) is 15.9 Å². The first-order chi connectivity index (χ1) is 15.1. The van der Waals surface area contributed by atoms with Crippen molar-refractivity contribution in [2.24, 2.45) is 0 Å². The Bertz CT molecular complexity index is 1190. The van der Waals surface area contributed by atoms with Gasteiger partial charge in [0.2, 0.25) is 0 Å². The standard InChI is InChI=1S/C24H22N2O3S2/c1-16-4-3-5-20(14-16)29-12-13-30-24-26-21-11-8-18(15-22(21)31-24)25-23(27)17-6-9-19(28-2)10-7-17/h3-11,14-15H,12-13H2,1-2H3,(H,25,27). The predicted molar refractivity (Wildman–Crippen MR) is 128 cm³/mol. The molecule has 5 nitrogen and oxygen atoms in total. The van der Waals surface area contributed by atoms with E-state index in [4.69, 9.17) is 9.47 Å². The van der Waals surface area contributed by atoms with Crippen LogP contribution in [0, 0.1) is 6.92 Å². The van der Waals surface area contributed by atoms with Crippen LogP contribution in [0.5, 0.6) is 11.5 Å². The number of nitrogens with one attached hydrogen (secondary N) is 1. The van der Waals surface area contributed by atoms with Gasteiger partial charge in [0.05, 0.1) is 23.9 Å². The lowest BCUT2D eigenvalue weighted by molar-refractivity contribution is 0.102. The summed E-state index contributed by atoms with van der Waals surface area (Å²) in [6.07, 6.45) is 0. The first-order valence-corrected chi connectivity index (χ1v) is 11.6. The van der Waals surface area contributed by atoms with Crippen molar-refractivity contribution in [3.8, 4) is 11.5 Å². The van der Waals surface area contributed by atoms with Gasteiger partial charge < -0.3 is 14.8 Å². The second-order valence-electron chi connectivity index (χ2n) is 6.86. The first kappa shape index (κ1) is 21.2. The first-order valence-electron chi connectivity index (χ1n) is 9.79. The number of methoxy groups -OCH3 is 1. The Labute approximate surface area is 189 Å². The van der Waals surface area contributed by atoms with E-state index in [1.165, 1.54) is 5.56 Å². The number of nitrogens with zero attached hydrogens (tertiary/aromatic N) is 1. The lowest BCUT2D eigenvalue weighted by atomic mass is 10.2. The summed E-state index contributed by atoms with van der Waals surface area (Å²) in [7, 11) is 1.60. The molecule has 4 aromatic rings. The van der Waals surface area contributed by atoms with Crippen molar-refractivity contribution in [1.82, 2.24) is 4.98 Å². The third-order valence-corrected chi connectivity index (χ3v) is 6.67. The van der Waals surface area contributed by atoms with Crippen molar-refractivity contribution in [2.75, 3.05) is 24.8 Å². The van der Waals surface area contributed by atoms with Crippen molar-refractivity contribution < 1.29 is 14.3 Å². The van der Waals surface area contributed by atoms with Crippen LogP contribution >= 0.6 is 23.1 Å². The lowest BCUT2D eigenvalue weighted by Gasteiger charge is -2.06. The summed E-state index contributed by atoms with van der Waals surface area (Å²) in [5.74, 6) is 2.27. The SMILES string of the molecule is COc1ccc(C(=O)Nc2ccc3nc(SCCOc4cccc(C)c4)sc3c2)cc1. The molecular formula is C24H22N2O3S2. The van der Waals surface area contributed by atoms with Crippen molar-refractivity contribution >= 4 is 44.9 Å². The molecule has 0 spiro atoms. The number of anilines is 1. The minimum absolute atomic E-state index is 0.158.